The molecule has 0 amide bonds. The highest BCUT2D eigenvalue weighted by Gasteiger charge is 2.21. The lowest BCUT2D eigenvalue weighted by Gasteiger charge is -2.16. The Morgan fingerprint density at radius 1 is 1.18 bits per heavy atom. The van der Waals surface area contributed by atoms with Crippen LogP contribution in [-0.4, -0.2) is 25.6 Å². The van der Waals surface area contributed by atoms with E-state index in [2.05, 4.69) is 0 Å². The molecule has 0 saturated carbocycles. The fourth-order valence-electron chi connectivity index (χ4n) is 2.42. The molecule has 0 saturated heterocycles. The normalized spacial score (nSPS) is 12.1. The zero-order chi connectivity index (χ0) is 15.9. The topological polar surface area (TPSA) is 35.5 Å². The molecule has 0 fully saturated rings. The van der Waals surface area contributed by atoms with Crippen LogP contribution in [0.25, 0.3) is 10.8 Å². The fourth-order valence-corrected chi connectivity index (χ4v) is 2.64. The molecule has 22 heavy (non-hydrogen) atoms. The molecule has 0 aliphatic heterocycles. The molecule has 2 rings (SSSR count). The summed E-state index contributed by atoms with van der Waals surface area (Å²) >= 11 is 5.86. The van der Waals surface area contributed by atoms with Crippen molar-refractivity contribution in [1.29, 1.82) is 0 Å². The van der Waals surface area contributed by atoms with Crippen molar-refractivity contribution < 1.29 is 14.3 Å². The van der Waals surface area contributed by atoms with Gasteiger partial charge in [0.1, 0.15) is 5.75 Å². The number of carbonyl (C=O) groups excluding carboxylic acids is 1. The summed E-state index contributed by atoms with van der Waals surface area (Å²) in [4.78, 5) is 12.2. The van der Waals surface area contributed by atoms with Gasteiger partial charge in [0.2, 0.25) is 0 Å². The molecule has 0 aliphatic carbocycles. The SMILES string of the molecule is CCCOC(=O)C(CCCl)c1ccc2cc(OC)ccc2c1. The number of hydrogen-bond donors (Lipinski definition) is 0. The maximum atomic E-state index is 12.2. The zero-order valence-corrected chi connectivity index (χ0v) is 13.7. The standard InChI is InChI=1S/C18H21ClO3/c1-3-10-22-18(20)17(8-9-19)15-5-4-14-12-16(21-2)7-6-13(14)11-15/h4-7,11-12,17H,3,8-10H2,1-2H3. The average molecular weight is 321 g/mol. The van der Waals surface area contributed by atoms with E-state index in [4.69, 9.17) is 21.1 Å². The number of methoxy groups -OCH3 is 1. The molecule has 0 N–H and O–H groups in total. The Hall–Kier alpha value is -1.74. The first-order chi connectivity index (χ1) is 10.7. The number of rotatable bonds is 7. The van der Waals surface area contributed by atoms with Crippen LogP contribution in [-0.2, 0) is 9.53 Å². The highest BCUT2D eigenvalue weighted by atomic mass is 35.5. The second-order valence-corrected chi connectivity index (χ2v) is 5.55. The van der Waals surface area contributed by atoms with Crippen LogP contribution in [0.1, 0.15) is 31.2 Å². The molecule has 1 atom stereocenters. The summed E-state index contributed by atoms with van der Waals surface area (Å²) in [6.07, 6.45) is 1.39. The Kier molecular flexibility index (Phi) is 6.08. The van der Waals surface area contributed by atoms with E-state index in [0.29, 0.717) is 18.9 Å². The quantitative estimate of drug-likeness (QED) is 0.556. The third-order valence-corrected chi connectivity index (χ3v) is 3.82. The molecule has 0 spiro atoms. The lowest BCUT2D eigenvalue weighted by atomic mass is 9.94. The van der Waals surface area contributed by atoms with Gasteiger partial charge in [-0.2, -0.15) is 0 Å². The maximum Gasteiger partial charge on any atom is 0.313 e. The summed E-state index contributed by atoms with van der Waals surface area (Å²) in [6.45, 7) is 2.43. The van der Waals surface area contributed by atoms with Crippen molar-refractivity contribution in [2.75, 3.05) is 19.6 Å². The molecule has 0 heterocycles. The molecule has 0 radical (unpaired) electrons. The number of esters is 1. The smallest absolute Gasteiger partial charge is 0.313 e. The number of ether oxygens (including phenoxy) is 2. The van der Waals surface area contributed by atoms with Crippen LogP contribution >= 0.6 is 11.6 Å². The number of halogens is 1. The van der Waals surface area contributed by atoms with E-state index in [-0.39, 0.29) is 11.9 Å². The van der Waals surface area contributed by atoms with E-state index in [0.717, 1.165) is 28.5 Å². The van der Waals surface area contributed by atoms with Crippen molar-refractivity contribution in [3.8, 4) is 5.75 Å². The minimum atomic E-state index is -0.310. The third-order valence-electron chi connectivity index (χ3n) is 3.60. The zero-order valence-electron chi connectivity index (χ0n) is 13.0. The van der Waals surface area contributed by atoms with Crippen LogP contribution in [0.5, 0.6) is 5.75 Å². The molecule has 118 valence electrons. The molecule has 0 aromatic heterocycles. The number of benzene rings is 2. The van der Waals surface area contributed by atoms with Crippen LogP contribution in [0.3, 0.4) is 0 Å². The van der Waals surface area contributed by atoms with Gasteiger partial charge in [0.15, 0.2) is 0 Å². The molecule has 4 heteroatoms. The van der Waals surface area contributed by atoms with Crippen LogP contribution in [0.15, 0.2) is 36.4 Å². The minimum Gasteiger partial charge on any atom is -0.497 e. The predicted molar refractivity (Wildman–Crippen MR) is 89.8 cm³/mol. The highest BCUT2D eigenvalue weighted by molar-refractivity contribution is 6.18. The molecule has 0 bridgehead atoms. The number of carbonyl (C=O) groups is 1. The van der Waals surface area contributed by atoms with Gasteiger partial charge < -0.3 is 9.47 Å². The lowest BCUT2D eigenvalue weighted by Crippen LogP contribution is -2.17. The summed E-state index contributed by atoms with van der Waals surface area (Å²) < 4.78 is 10.5. The molecule has 1 unspecified atom stereocenters. The van der Waals surface area contributed by atoms with Crippen LogP contribution in [0, 0.1) is 0 Å². The van der Waals surface area contributed by atoms with Gasteiger partial charge >= 0.3 is 5.97 Å². The monoisotopic (exact) mass is 320 g/mol. The summed E-state index contributed by atoms with van der Waals surface area (Å²) in [6, 6.07) is 11.9. The molecule has 0 aliphatic rings. The number of alkyl halides is 1. The Morgan fingerprint density at radius 3 is 2.59 bits per heavy atom. The maximum absolute atomic E-state index is 12.2. The lowest BCUT2D eigenvalue weighted by molar-refractivity contribution is -0.145. The van der Waals surface area contributed by atoms with Crippen LogP contribution in [0.4, 0.5) is 0 Å². The van der Waals surface area contributed by atoms with Crippen molar-refractivity contribution in [2.24, 2.45) is 0 Å². The van der Waals surface area contributed by atoms with E-state index in [1.54, 1.807) is 7.11 Å². The first kappa shape index (κ1) is 16.6. The first-order valence-electron chi connectivity index (χ1n) is 7.50. The highest BCUT2D eigenvalue weighted by Crippen LogP contribution is 2.28. The van der Waals surface area contributed by atoms with Gasteiger partial charge in [0.05, 0.1) is 19.6 Å². The number of fused-ring (bicyclic) bond motifs is 1. The van der Waals surface area contributed by atoms with Gasteiger partial charge in [-0.05, 0) is 41.3 Å². The van der Waals surface area contributed by atoms with Crippen LogP contribution < -0.4 is 4.74 Å². The van der Waals surface area contributed by atoms with Gasteiger partial charge in [-0.25, -0.2) is 0 Å². The molecule has 2 aromatic rings. The van der Waals surface area contributed by atoms with Gasteiger partial charge in [-0.15, -0.1) is 11.6 Å². The summed E-state index contributed by atoms with van der Waals surface area (Å²) in [5.41, 5.74) is 0.944. The van der Waals surface area contributed by atoms with E-state index in [1.807, 2.05) is 43.3 Å². The van der Waals surface area contributed by atoms with Crippen molar-refractivity contribution in [3.63, 3.8) is 0 Å². The van der Waals surface area contributed by atoms with Gasteiger partial charge in [0.25, 0.3) is 0 Å². The van der Waals surface area contributed by atoms with E-state index < -0.39 is 0 Å². The van der Waals surface area contributed by atoms with Crippen molar-refractivity contribution in [3.05, 3.63) is 42.0 Å². The minimum absolute atomic E-state index is 0.199. The summed E-state index contributed by atoms with van der Waals surface area (Å²) in [5.74, 6) is 0.734. The van der Waals surface area contributed by atoms with Gasteiger partial charge in [0, 0.05) is 5.88 Å². The molecular formula is C18H21ClO3. The number of hydrogen-bond acceptors (Lipinski definition) is 3. The second kappa shape index (κ2) is 8.04. The average Bonchev–Trinajstić information content (AvgIpc) is 2.56. The van der Waals surface area contributed by atoms with Crippen molar-refractivity contribution >= 4 is 28.3 Å². The van der Waals surface area contributed by atoms with E-state index in [1.165, 1.54) is 0 Å². The van der Waals surface area contributed by atoms with E-state index in [9.17, 15) is 4.79 Å². The fraction of sp³-hybridized carbons (Fsp3) is 0.389. The summed E-state index contributed by atoms with van der Waals surface area (Å²) in [5, 5.41) is 2.15. The Morgan fingerprint density at radius 2 is 1.91 bits per heavy atom. The predicted octanol–water partition coefficient (Wildman–Crippen LogP) is 4.51. The van der Waals surface area contributed by atoms with Crippen molar-refractivity contribution in [2.45, 2.75) is 25.7 Å². The Labute approximate surface area is 136 Å². The third kappa shape index (κ3) is 3.92. The van der Waals surface area contributed by atoms with Crippen molar-refractivity contribution in [1.82, 2.24) is 0 Å². The Bertz CT molecular complexity index is 639. The molecule has 3 nitrogen and oxygen atoms in total. The first-order valence-corrected chi connectivity index (χ1v) is 8.03. The largest absolute Gasteiger partial charge is 0.497 e. The van der Waals surface area contributed by atoms with Gasteiger partial charge in [-0.3, -0.25) is 4.79 Å². The van der Waals surface area contributed by atoms with E-state index >= 15 is 0 Å². The second-order valence-electron chi connectivity index (χ2n) is 5.17. The summed E-state index contributed by atoms with van der Waals surface area (Å²) in [7, 11) is 1.65. The molecular weight excluding hydrogens is 300 g/mol. The van der Waals surface area contributed by atoms with Crippen LogP contribution in [0.2, 0.25) is 0 Å². The molecule has 2 aromatic carbocycles. The van der Waals surface area contributed by atoms with Gasteiger partial charge in [-0.1, -0.05) is 31.2 Å². The Balaban J connectivity index is 2.31.